The number of methoxy groups -OCH3 is 1. The second-order valence-electron chi connectivity index (χ2n) is 8.92. The van der Waals surface area contributed by atoms with Crippen molar-refractivity contribution < 1.29 is 35.5 Å². The number of halogens is 1. The van der Waals surface area contributed by atoms with Crippen molar-refractivity contribution in [2.45, 2.75) is 46.4 Å². The third-order valence-electron chi connectivity index (χ3n) is 6.30. The monoisotopic (exact) mass is 550 g/mol. The van der Waals surface area contributed by atoms with Crippen LogP contribution in [0.3, 0.4) is 0 Å². The molecule has 0 aliphatic carbocycles. The lowest BCUT2D eigenvalue weighted by Crippen LogP contribution is -2.40. The van der Waals surface area contributed by atoms with E-state index in [-0.39, 0.29) is 52.7 Å². The molecule has 1 N–H and O–H groups in total. The molecule has 0 fully saturated rings. The highest BCUT2D eigenvalue weighted by atomic mass is 19.1. The van der Waals surface area contributed by atoms with E-state index in [1.54, 1.807) is 19.9 Å². The molecule has 0 aliphatic rings. The summed E-state index contributed by atoms with van der Waals surface area (Å²) in [7, 11) is 1.20. The molecule has 1 heterocycles. The molecule has 40 heavy (non-hydrogen) atoms. The summed E-state index contributed by atoms with van der Waals surface area (Å²) < 4.78 is 96.3. The lowest BCUT2D eigenvalue weighted by atomic mass is 9.95. The van der Waals surface area contributed by atoms with E-state index in [2.05, 4.69) is 6.19 Å². The van der Waals surface area contributed by atoms with Gasteiger partial charge in [0.25, 0.3) is 5.91 Å². The third kappa shape index (κ3) is 5.55. The molecule has 0 unspecified atom stereocenters. The van der Waals surface area contributed by atoms with Gasteiger partial charge in [0.05, 0.1) is 23.9 Å². The predicted octanol–water partition coefficient (Wildman–Crippen LogP) is 7.34. The molecule has 0 saturated heterocycles. The van der Waals surface area contributed by atoms with Gasteiger partial charge in [0.15, 0.2) is 12.0 Å². The van der Waals surface area contributed by atoms with Crippen molar-refractivity contribution in [3.63, 3.8) is 0 Å². The van der Waals surface area contributed by atoms with Crippen LogP contribution in [0.1, 0.15) is 73.9 Å². The Morgan fingerprint density at radius 1 is 1.10 bits per heavy atom. The molecule has 1 amide bonds. The molecular weight excluding hydrogens is 509 g/mol. The van der Waals surface area contributed by atoms with Gasteiger partial charge < -0.3 is 14.5 Å². The number of nitrogens with zero attached hydrogens (tertiary/aromatic N) is 2. The van der Waals surface area contributed by atoms with Gasteiger partial charge in [0.2, 0.25) is 0 Å². The number of carbonyl (C=O) groups is 2. The predicted molar refractivity (Wildman–Crippen MR) is 154 cm³/mol. The highest BCUT2D eigenvalue weighted by Crippen LogP contribution is 2.42. The second-order valence-corrected chi connectivity index (χ2v) is 8.92. The fourth-order valence-electron chi connectivity index (χ4n) is 4.43. The summed E-state index contributed by atoms with van der Waals surface area (Å²) in [6.45, 7) is -7.57. The van der Waals surface area contributed by atoms with Gasteiger partial charge in [0.1, 0.15) is 22.9 Å². The number of anilines is 1. The van der Waals surface area contributed by atoms with Crippen LogP contribution in [-0.2, 0) is 0 Å². The maximum absolute atomic E-state index is 13.8. The summed E-state index contributed by atoms with van der Waals surface area (Å²) in [6.07, 6.45) is 2.16. The van der Waals surface area contributed by atoms with Crippen molar-refractivity contribution in [1.29, 1.82) is 5.26 Å². The number of Topliss-reactive ketones (excluding diaryl/α,β-unsaturated/α-hetero) is 1. The summed E-state index contributed by atoms with van der Waals surface area (Å²) in [6, 6.07) is 12.5. The number of nitrogens with one attached hydrogen (secondary N) is 1. The van der Waals surface area contributed by atoms with E-state index in [9.17, 15) is 19.2 Å². The maximum Gasteiger partial charge on any atom is 0.255 e. The Bertz CT molecular complexity index is 1910. The van der Waals surface area contributed by atoms with Crippen molar-refractivity contribution in [1.82, 2.24) is 5.32 Å². The fourth-order valence-corrected chi connectivity index (χ4v) is 4.43. The molecular formula is C32H32FN3O4. The van der Waals surface area contributed by atoms with Crippen molar-refractivity contribution in [3.8, 4) is 34.4 Å². The van der Waals surface area contributed by atoms with Gasteiger partial charge >= 0.3 is 0 Å². The number of hydrogen-bond donors (Lipinski definition) is 1. The summed E-state index contributed by atoms with van der Waals surface area (Å²) in [4.78, 5) is 28.4. The Morgan fingerprint density at radius 3 is 2.40 bits per heavy atom. The van der Waals surface area contributed by atoms with E-state index >= 15 is 0 Å². The molecule has 206 valence electrons. The van der Waals surface area contributed by atoms with Crippen LogP contribution >= 0.6 is 0 Å². The van der Waals surface area contributed by atoms with Crippen molar-refractivity contribution in [3.05, 3.63) is 71.5 Å². The standard InChI is InChI=1S/C32H32FN3O4/c1-7-26(37)29-23-16-22(20-11-14-27(39-6)24(15-20)31(38)35-32(3,4)5)25(36(8-2)18-34)17-28(23)40-30(29)19-9-12-21(33)13-10-19/h9-17H,7-8H2,1-6H3,(H,35,38)/i3D3,4D3,5D3. The Balaban J connectivity index is 2.02. The van der Waals surface area contributed by atoms with Crippen molar-refractivity contribution in [2.75, 3.05) is 18.6 Å². The molecule has 3 aromatic carbocycles. The van der Waals surface area contributed by atoms with Gasteiger partial charge in [-0.1, -0.05) is 13.0 Å². The minimum Gasteiger partial charge on any atom is -0.496 e. The first-order valence-corrected chi connectivity index (χ1v) is 12.3. The first-order valence-electron chi connectivity index (χ1n) is 16.8. The quantitative estimate of drug-likeness (QED) is 0.140. The van der Waals surface area contributed by atoms with Crippen LogP contribution in [0.25, 0.3) is 33.4 Å². The molecule has 0 aliphatic heterocycles. The zero-order chi connectivity index (χ0) is 36.7. The molecule has 0 radical (unpaired) electrons. The number of hydrogen-bond acceptors (Lipinski definition) is 6. The number of benzene rings is 3. The summed E-state index contributed by atoms with van der Waals surface area (Å²) >= 11 is 0. The van der Waals surface area contributed by atoms with Gasteiger partial charge in [-0.25, -0.2) is 4.39 Å². The lowest BCUT2D eigenvalue weighted by Gasteiger charge is -2.22. The number of nitriles is 1. The van der Waals surface area contributed by atoms with Gasteiger partial charge in [-0.2, -0.15) is 5.26 Å². The van der Waals surface area contributed by atoms with E-state index in [0.29, 0.717) is 16.5 Å². The SMILES string of the molecule is [2H]C([2H])([2H])C(NC(=O)c1cc(-c2cc3c(C(=O)CC)c(-c4ccc(F)cc4)oc3cc2N(C#N)CC)ccc1OC)(C([2H])([2H])[2H])C([2H])([2H])[2H]. The average molecular weight is 551 g/mol. The zero-order valence-electron chi connectivity index (χ0n) is 31.0. The van der Waals surface area contributed by atoms with Gasteiger partial charge in [-0.3, -0.25) is 14.5 Å². The van der Waals surface area contributed by atoms with Crippen LogP contribution in [0, 0.1) is 17.3 Å². The molecule has 7 nitrogen and oxygen atoms in total. The Labute approximate surface area is 245 Å². The number of ketones is 1. The van der Waals surface area contributed by atoms with Gasteiger partial charge in [0, 0.05) is 53.4 Å². The minimum absolute atomic E-state index is 0.0876. The topological polar surface area (TPSA) is 95.6 Å². The van der Waals surface area contributed by atoms with Crippen LogP contribution < -0.4 is 15.0 Å². The third-order valence-corrected chi connectivity index (χ3v) is 6.30. The highest BCUT2D eigenvalue weighted by molar-refractivity contribution is 6.14. The number of rotatable bonds is 8. The van der Waals surface area contributed by atoms with E-state index in [0.717, 1.165) is 0 Å². The smallest absolute Gasteiger partial charge is 0.255 e. The van der Waals surface area contributed by atoms with Crippen LogP contribution in [0.2, 0.25) is 0 Å². The number of furan rings is 1. The summed E-state index contributed by atoms with van der Waals surface area (Å²) in [5.41, 5.74) is -2.39. The van der Waals surface area contributed by atoms with Gasteiger partial charge in [-0.05, 0) is 75.5 Å². The lowest BCUT2D eigenvalue weighted by molar-refractivity contribution is 0.0915. The van der Waals surface area contributed by atoms with Crippen LogP contribution in [0.5, 0.6) is 5.75 Å². The van der Waals surface area contributed by atoms with E-state index in [1.807, 2.05) is 5.32 Å². The highest BCUT2D eigenvalue weighted by Gasteiger charge is 2.25. The fraction of sp³-hybridized carbons (Fsp3) is 0.281. The molecule has 4 aromatic rings. The zero-order valence-corrected chi connectivity index (χ0v) is 22.0. The minimum atomic E-state index is -3.71. The maximum atomic E-state index is 13.8. The van der Waals surface area contributed by atoms with Crippen molar-refractivity contribution >= 4 is 28.3 Å². The molecule has 0 spiro atoms. The second kappa shape index (κ2) is 11.2. The number of fused-ring (bicyclic) bond motifs is 1. The molecule has 0 atom stereocenters. The molecule has 0 bridgehead atoms. The number of amides is 1. The Kier molecular flexibility index (Phi) is 5.22. The molecule has 0 saturated carbocycles. The number of carbonyl (C=O) groups excluding carboxylic acids is 2. The Morgan fingerprint density at radius 2 is 1.80 bits per heavy atom. The summed E-state index contributed by atoms with van der Waals surface area (Å²) in [5, 5.41) is 12.2. The van der Waals surface area contributed by atoms with E-state index in [4.69, 9.17) is 21.5 Å². The van der Waals surface area contributed by atoms with Crippen LogP contribution in [-0.4, -0.2) is 30.9 Å². The Hall–Kier alpha value is -4.64. The van der Waals surface area contributed by atoms with Crippen molar-refractivity contribution in [2.24, 2.45) is 0 Å². The van der Waals surface area contributed by atoms with Crippen LogP contribution in [0.4, 0.5) is 10.1 Å². The van der Waals surface area contributed by atoms with E-state index in [1.165, 1.54) is 60.5 Å². The first-order chi connectivity index (χ1) is 22.8. The normalized spacial score (nSPS) is 15.5. The van der Waals surface area contributed by atoms with Gasteiger partial charge in [-0.15, -0.1) is 0 Å². The first kappa shape index (κ1) is 18.6. The van der Waals surface area contributed by atoms with Crippen LogP contribution in [0.15, 0.2) is 59.0 Å². The largest absolute Gasteiger partial charge is 0.496 e. The molecule has 8 heteroatoms. The number of ether oxygens (including phenoxy) is 1. The molecule has 4 rings (SSSR count). The molecule has 1 aromatic heterocycles. The summed E-state index contributed by atoms with van der Waals surface area (Å²) in [5.74, 6) is -2.12. The van der Waals surface area contributed by atoms with E-state index < -0.39 is 43.4 Å². The average Bonchev–Trinajstić information content (AvgIpc) is 3.40.